The Labute approximate surface area is 89.3 Å². The summed E-state index contributed by atoms with van der Waals surface area (Å²) in [5.74, 6) is 0. The van der Waals surface area contributed by atoms with Crippen molar-refractivity contribution in [2.45, 2.75) is 18.4 Å². The van der Waals surface area contributed by atoms with E-state index in [0.717, 1.165) is 0 Å². The second-order valence-electron chi connectivity index (χ2n) is 3.15. The highest BCUT2D eigenvalue weighted by atomic mass is 127. The van der Waals surface area contributed by atoms with E-state index in [0.29, 0.717) is 5.54 Å². The van der Waals surface area contributed by atoms with Crippen molar-refractivity contribution in [3.05, 3.63) is 0 Å². The lowest BCUT2D eigenvalue weighted by Crippen LogP contribution is -2.46. The zero-order valence-electron chi connectivity index (χ0n) is 5.69. The zero-order chi connectivity index (χ0) is 7.19. The summed E-state index contributed by atoms with van der Waals surface area (Å²) >= 11 is 4.91. The molecule has 0 N–H and O–H groups in total. The Hall–Kier alpha value is 1.38. The molecule has 1 aliphatic carbocycles. The first kappa shape index (κ1) is 8.00. The fourth-order valence-electron chi connectivity index (χ4n) is 1.45. The van der Waals surface area contributed by atoms with Crippen molar-refractivity contribution in [2.24, 2.45) is 0 Å². The molecule has 2 rings (SSSR count). The number of hydrogen-bond donors (Lipinski definition) is 0. The lowest BCUT2D eigenvalue weighted by atomic mass is 10.2. The average molecular weight is 364 g/mol. The van der Waals surface area contributed by atoms with Crippen LogP contribution < -0.4 is 0 Å². The summed E-state index contributed by atoms with van der Waals surface area (Å²) in [7, 11) is 0. The van der Waals surface area contributed by atoms with Gasteiger partial charge in [-0.1, -0.05) is 0 Å². The van der Waals surface area contributed by atoms with E-state index >= 15 is 0 Å². The van der Waals surface area contributed by atoms with Gasteiger partial charge in [0.15, 0.2) is 0 Å². The number of rotatable bonds is 0. The molecule has 2 aliphatic rings. The van der Waals surface area contributed by atoms with Crippen LogP contribution in [0.4, 0.5) is 0 Å². The van der Waals surface area contributed by atoms with E-state index < -0.39 is 0 Å². The molecule has 10 heavy (non-hydrogen) atoms. The Morgan fingerprint density at radius 3 is 2.30 bits per heavy atom. The van der Waals surface area contributed by atoms with Gasteiger partial charge in [0.2, 0.25) is 0 Å². The van der Waals surface area contributed by atoms with Gasteiger partial charge in [-0.25, -0.2) is 6.23 Å². The van der Waals surface area contributed by atoms with Crippen LogP contribution in [0.15, 0.2) is 0 Å². The molecule has 0 aromatic carbocycles. The predicted molar refractivity (Wildman–Crippen MR) is 58.3 cm³/mol. The first-order valence-electron chi connectivity index (χ1n) is 3.57. The highest BCUT2D eigenvalue weighted by Gasteiger charge is 2.50. The maximum absolute atomic E-state index is 2.50. The molecule has 0 amide bonds. The largest absolute Gasteiger partial charge is 0.244 e. The molecule has 0 atom stereocenters. The highest BCUT2D eigenvalue weighted by Crippen LogP contribution is 2.46. The molecule has 4 heteroatoms. The highest BCUT2D eigenvalue weighted by molar-refractivity contribution is 14.1. The molecule has 0 bridgehead atoms. The summed E-state index contributed by atoms with van der Waals surface area (Å²) in [4.78, 5) is 0. The number of halogens is 2. The van der Waals surface area contributed by atoms with Crippen molar-refractivity contribution in [3.63, 3.8) is 0 Å². The Balaban J connectivity index is 2.03. The summed E-state index contributed by atoms with van der Waals surface area (Å²) in [6, 6.07) is 0. The van der Waals surface area contributed by atoms with Crippen molar-refractivity contribution in [3.8, 4) is 0 Å². The summed E-state index contributed by atoms with van der Waals surface area (Å²) in [5.41, 5.74) is 0.597. The molecular weight excluding hydrogens is 354 g/mol. The summed E-state index contributed by atoms with van der Waals surface area (Å²) < 4.78 is 4.92. The van der Waals surface area contributed by atoms with Crippen LogP contribution in [0.5, 0.6) is 0 Å². The molecule has 1 saturated heterocycles. The first-order chi connectivity index (χ1) is 4.73. The van der Waals surface area contributed by atoms with Crippen molar-refractivity contribution < 1.29 is 0 Å². The van der Waals surface area contributed by atoms with Gasteiger partial charge < -0.3 is 0 Å². The van der Waals surface area contributed by atoms with Crippen molar-refractivity contribution in [2.75, 3.05) is 19.6 Å². The van der Waals surface area contributed by atoms with E-state index in [9.17, 15) is 0 Å². The number of hydrogen-bond acceptors (Lipinski definition) is 2. The molecule has 1 aliphatic heterocycles. The zero-order valence-corrected chi connectivity index (χ0v) is 10.0. The third-order valence-electron chi connectivity index (χ3n) is 2.35. The van der Waals surface area contributed by atoms with Crippen LogP contribution in [0, 0.1) is 0 Å². The van der Waals surface area contributed by atoms with E-state index in [1.165, 1.54) is 32.5 Å². The van der Waals surface area contributed by atoms with Gasteiger partial charge in [0.1, 0.15) is 0 Å². The third-order valence-corrected chi connectivity index (χ3v) is 4.68. The van der Waals surface area contributed by atoms with Crippen molar-refractivity contribution in [1.82, 2.24) is 6.23 Å². The van der Waals surface area contributed by atoms with Gasteiger partial charge in [0, 0.05) is 70.9 Å². The molecule has 2 fully saturated rings. The van der Waals surface area contributed by atoms with Crippen LogP contribution in [0.25, 0.3) is 0 Å². The van der Waals surface area contributed by atoms with E-state index in [2.05, 4.69) is 52.0 Å². The lowest BCUT2D eigenvalue weighted by molar-refractivity contribution is 0.241. The minimum absolute atomic E-state index is 0.597. The quantitative estimate of drug-likeness (QED) is 0.478. The lowest BCUT2D eigenvalue weighted by Gasteiger charge is -2.35. The smallest absolute Gasteiger partial charge is 0.0442 e. The average Bonchev–Trinajstić information content (AvgIpc) is 2.62. The van der Waals surface area contributed by atoms with Gasteiger partial charge in [0.25, 0.3) is 0 Å². The van der Waals surface area contributed by atoms with E-state index in [-0.39, 0.29) is 0 Å². The second kappa shape index (κ2) is 2.70. The number of piperazine rings is 1. The van der Waals surface area contributed by atoms with Crippen LogP contribution in [-0.2, 0) is 0 Å². The summed E-state index contributed by atoms with van der Waals surface area (Å²) in [6.07, 6.45) is 2.82. The molecule has 0 aromatic rings. The maximum atomic E-state index is 2.50. The van der Waals surface area contributed by atoms with Crippen molar-refractivity contribution in [1.29, 1.82) is 0 Å². The van der Waals surface area contributed by atoms with Gasteiger partial charge >= 0.3 is 0 Å². The second-order valence-corrected chi connectivity index (χ2v) is 5.68. The van der Waals surface area contributed by atoms with Crippen LogP contribution in [0.1, 0.15) is 12.8 Å². The van der Waals surface area contributed by atoms with Gasteiger partial charge in [-0.3, -0.25) is 0 Å². The van der Waals surface area contributed by atoms with Crippen LogP contribution >= 0.6 is 45.7 Å². The van der Waals surface area contributed by atoms with Crippen LogP contribution in [0.3, 0.4) is 0 Å². The molecule has 1 saturated carbocycles. The Bertz CT molecular complexity index is 147. The minimum Gasteiger partial charge on any atom is -0.244 e. The molecule has 58 valence electrons. The maximum Gasteiger partial charge on any atom is 0.0442 e. The molecule has 0 unspecified atom stereocenters. The van der Waals surface area contributed by atoms with Crippen LogP contribution in [0.2, 0.25) is 0 Å². The van der Waals surface area contributed by atoms with Crippen molar-refractivity contribution >= 4 is 45.7 Å². The molecule has 0 radical (unpaired) electrons. The fourth-order valence-corrected chi connectivity index (χ4v) is 3.16. The molecule has 1 spiro atoms. The molecular formula is C6H10I2N2. The van der Waals surface area contributed by atoms with Gasteiger partial charge in [-0.15, -0.1) is 0 Å². The Morgan fingerprint density at radius 1 is 1.10 bits per heavy atom. The first-order valence-corrected chi connectivity index (χ1v) is 5.50. The third kappa shape index (κ3) is 1.32. The fraction of sp³-hybridized carbons (Fsp3) is 1.00. The monoisotopic (exact) mass is 364 g/mol. The van der Waals surface area contributed by atoms with Crippen LogP contribution in [-0.4, -0.2) is 31.4 Å². The standard InChI is InChI=1S/C6H10I2N2/c7-9-3-4-10(8)6(5-9)1-2-6/h1-5H2. The van der Waals surface area contributed by atoms with E-state index in [1.807, 2.05) is 0 Å². The predicted octanol–water partition coefficient (Wildman–Crippen LogP) is 1.84. The SMILES string of the molecule is IN1CCN(I)C2(CC2)C1. The molecule has 0 aromatic heterocycles. The van der Waals surface area contributed by atoms with Gasteiger partial charge in [0.05, 0.1) is 0 Å². The summed E-state index contributed by atoms with van der Waals surface area (Å²) in [5, 5.41) is 0. The summed E-state index contributed by atoms with van der Waals surface area (Å²) in [6.45, 7) is 3.74. The Kier molecular flexibility index (Phi) is 2.16. The van der Waals surface area contributed by atoms with Gasteiger partial charge in [-0.2, -0.15) is 0 Å². The number of nitrogens with zero attached hydrogens (tertiary/aromatic N) is 2. The molecule has 2 nitrogen and oxygen atoms in total. The minimum atomic E-state index is 0.597. The topological polar surface area (TPSA) is 6.48 Å². The molecule has 1 heterocycles. The normalized spacial score (nSPS) is 33.0. The van der Waals surface area contributed by atoms with E-state index in [1.54, 1.807) is 0 Å². The van der Waals surface area contributed by atoms with E-state index in [4.69, 9.17) is 0 Å². The van der Waals surface area contributed by atoms with Gasteiger partial charge in [-0.05, 0) is 12.8 Å². The Morgan fingerprint density at radius 2 is 1.80 bits per heavy atom.